The van der Waals surface area contributed by atoms with Gasteiger partial charge in [-0.1, -0.05) is 11.6 Å². The van der Waals surface area contributed by atoms with Crippen LogP contribution in [-0.4, -0.2) is 44.6 Å². The molecule has 34 heavy (non-hydrogen) atoms. The van der Waals surface area contributed by atoms with E-state index in [0.717, 1.165) is 0 Å². The Morgan fingerprint density at radius 1 is 0.941 bits per heavy atom. The molecule has 176 valence electrons. The number of nitrogens with zero attached hydrogens (tertiary/aromatic N) is 1. The first-order valence-corrected chi connectivity index (χ1v) is 10.2. The molecule has 0 saturated heterocycles. The van der Waals surface area contributed by atoms with E-state index in [4.69, 9.17) is 35.7 Å². The monoisotopic (exact) mass is 484 g/mol. The molecular formula is C24H21ClN2O7. The normalized spacial score (nSPS) is 10.6. The van der Waals surface area contributed by atoms with E-state index in [1.807, 2.05) is 0 Å². The van der Waals surface area contributed by atoms with Crippen LogP contribution in [0.2, 0.25) is 5.02 Å². The highest BCUT2D eigenvalue weighted by Crippen LogP contribution is 2.38. The smallest absolute Gasteiger partial charge is 0.343 e. The van der Waals surface area contributed by atoms with Gasteiger partial charge in [0.2, 0.25) is 5.75 Å². The molecule has 0 aromatic heterocycles. The summed E-state index contributed by atoms with van der Waals surface area (Å²) in [6, 6.07) is 14.1. The lowest BCUT2D eigenvalue weighted by atomic mass is 10.2. The van der Waals surface area contributed by atoms with Crippen molar-refractivity contribution in [3.63, 3.8) is 0 Å². The third kappa shape index (κ3) is 5.76. The first-order valence-electron chi connectivity index (χ1n) is 9.80. The second-order valence-electron chi connectivity index (χ2n) is 6.74. The van der Waals surface area contributed by atoms with Crippen LogP contribution in [-0.2, 0) is 0 Å². The van der Waals surface area contributed by atoms with Crippen molar-refractivity contribution in [3.05, 3.63) is 76.3 Å². The van der Waals surface area contributed by atoms with Crippen LogP contribution >= 0.6 is 11.6 Å². The predicted octanol–water partition coefficient (Wildman–Crippen LogP) is 4.73. The first kappa shape index (κ1) is 24.4. The van der Waals surface area contributed by atoms with Crippen molar-refractivity contribution in [3.8, 4) is 23.0 Å². The topological polar surface area (TPSA) is 116 Å². The number of hydrogen-bond donors (Lipinski definition) is 2. The SMILES string of the molecule is COc1cc(C(=O)Oc2ccc(C=NNc3ccc(Cl)c(C(=O)O)c3)cc2)cc(OC)c1OC. The highest BCUT2D eigenvalue weighted by molar-refractivity contribution is 6.33. The number of hydrogen-bond acceptors (Lipinski definition) is 8. The van der Waals surface area contributed by atoms with Crippen LogP contribution in [0, 0.1) is 0 Å². The minimum atomic E-state index is -1.13. The van der Waals surface area contributed by atoms with Gasteiger partial charge in [0.15, 0.2) is 11.5 Å². The number of carboxylic acid groups (broad SMARTS) is 1. The van der Waals surface area contributed by atoms with Crippen molar-refractivity contribution in [1.29, 1.82) is 0 Å². The molecule has 0 saturated carbocycles. The van der Waals surface area contributed by atoms with Crippen LogP contribution in [0.3, 0.4) is 0 Å². The van der Waals surface area contributed by atoms with Gasteiger partial charge >= 0.3 is 11.9 Å². The maximum atomic E-state index is 12.6. The summed E-state index contributed by atoms with van der Waals surface area (Å²) in [6.45, 7) is 0. The number of nitrogens with one attached hydrogen (secondary N) is 1. The summed E-state index contributed by atoms with van der Waals surface area (Å²) in [6.07, 6.45) is 1.53. The Morgan fingerprint density at radius 2 is 1.59 bits per heavy atom. The van der Waals surface area contributed by atoms with Gasteiger partial charge in [0.25, 0.3) is 0 Å². The molecule has 0 atom stereocenters. The fraction of sp³-hybridized carbons (Fsp3) is 0.125. The average molecular weight is 485 g/mol. The summed E-state index contributed by atoms with van der Waals surface area (Å²) in [4.78, 5) is 23.8. The summed E-state index contributed by atoms with van der Waals surface area (Å²) in [5.74, 6) is -0.356. The van der Waals surface area contributed by atoms with Crippen LogP contribution in [0.5, 0.6) is 23.0 Å². The lowest BCUT2D eigenvalue weighted by Crippen LogP contribution is -2.09. The van der Waals surface area contributed by atoms with Crippen molar-refractivity contribution in [1.82, 2.24) is 0 Å². The zero-order chi connectivity index (χ0) is 24.7. The van der Waals surface area contributed by atoms with Gasteiger partial charge in [-0.05, 0) is 60.2 Å². The number of methoxy groups -OCH3 is 3. The highest BCUT2D eigenvalue weighted by Gasteiger charge is 2.18. The average Bonchev–Trinajstić information content (AvgIpc) is 2.84. The van der Waals surface area contributed by atoms with Gasteiger partial charge in [-0.25, -0.2) is 9.59 Å². The molecule has 0 heterocycles. The molecule has 0 aliphatic carbocycles. The Labute approximate surface area is 200 Å². The van der Waals surface area contributed by atoms with Gasteiger partial charge in [0.05, 0.1) is 49.4 Å². The number of aromatic carboxylic acids is 1. The first-order chi connectivity index (χ1) is 16.4. The van der Waals surface area contributed by atoms with Crippen molar-refractivity contribution in [2.45, 2.75) is 0 Å². The molecule has 0 fully saturated rings. The molecular weight excluding hydrogens is 464 g/mol. The molecule has 0 unspecified atom stereocenters. The van der Waals surface area contributed by atoms with E-state index >= 15 is 0 Å². The van der Waals surface area contributed by atoms with Crippen LogP contribution in [0.15, 0.2) is 59.7 Å². The standard InChI is InChI=1S/C24H21ClN2O7/c1-31-20-10-15(11-21(32-2)22(20)33-3)24(30)34-17-7-4-14(5-8-17)13-26-27-16-6-9-19(25)18(12-16)23(28)29/h4-13,27H,1-3H3,(H,28,29). The molecule has 0 amide bonds. The summed E-state index contributed by atoms with van der Waals surface area (Å²) < 4.78 is 21.2. The van der Waals surface area contributed by atoms with E-state index in [-0.39, 0.29) is 16.1 Å². The minimum Gasteiger partial charge on any atom is -0.493 e. The largest absolute Gasteiger partial charge is 0.493 e. The molecule has 0 aliphatic rings. The second-order valence-corrected chi connectivity index (χ2v) is 7.15. The molecule has 2 N–H and O–H groups in total. The number of halogens is 1. The molecule has 3 aromatic rings. The van der Waals surface area contributed by atoms with Gasteiger partial charge in [-0.3, -0.25) is 5.43 Å². The predicted molar refractivity (Wildman–Crippen MR) is 127 cm³/mol. The van der Waals surface area contributed by atoms with Crippen LogP contribution in [0.1, 0.15) is 26.3 Å². The Morgan fingerprint density at radius 3 is 2.15 bits per heavy atom. The second kappa shape index (κ2) is 11.1. The van der Waals surface area contributed by atoms with E-state index in [1.165, 1.54) is 51.8 Å². The van der Waals surface area contributed by atoms with Gasteiger partial charge < -0.3 is 24.1 Å². The molecule has 9 nitrogen and oxygen atoms in total. The number of ether oxygens (including phenoxy) is 4. The minimum absolute atomic E-state index is 0.0277. The molecule has 0 spiro atoms. The van der Waals surface area contributed by atoms with Crippen LogP contribution in [0.25, 0.3) is 0 Å². The summed E-state index contributed by atoms with van der Waals surface area (Å²) in [5.41, 5.74) is 4.13. The third-order valence-corrected chi connectivity index (χ3v) is 4.92. The van der Waals surface area contributed by atoms with Gasteiger partial charge in [-0.2, -0.15) is 5.10 Å². The maximum absolute atomic E-state index is 12.6. The number of anilines is 1. The molecule has 3 aromatic carbocycles. The maximum Gasteiger partial charge on any atom is 0.343 e. The van der Waals surface area contributed by atoms with Gasteiger partial charge in [0.1, 0.15) is 5.75 Å². The fourth-order valence-corrected chi connectivity index (χ4v) is 3.13. The number of carbonyl (C=O) groups excluding carboxylic acids is 1. The van der Waals surface area contributed by atoms with Crippen molar-refractivity contribution in [2.75, 3.05) is 26.8 Å². The summed E-state index contributed by atoms with van der Waals surface area (Å²) >= 11 is 5.85. The van der Waals surface area contributed by atoms with E-state index < -0.39 is 11.9 Å². The van der Waals surface area contributed by atoms with Crippen LogP contribution < -0.4 is 24.4 Å². The number of benzene rings is 3. The fourth-order valence-electron chi connectivity index (χ4n) is 2.93. The third-order valence-electron chi connectivity index (χ3n) is 4.60. The zero-order valence-corrected chi connectivity index (χ0v) is 19.3. The molecule has 10 heteroatoms. The van der Waals surface area contributed by atoms with E-state index in [1.54, 1.807) is 30.3 Å². The molecule has 3 rings (SSSR count). The van der Waals surface area contributed by atoms with Crippen LogP contribution in [0.4, 0.5) is 5.69 Å². The number of rotatable bonds is 9. The van der Waals surface area contributed by atoms with E-state index in [9.17, 15) is 9.59 Å². The highest BCUT2D eigenvalue weighted by atomic mass is 35.5. The van der Waals surface area contributed by atoms with E-state index in [2.05, 4.69) is 10.5 Å². The Bertz CT molecular complexity index is 1200. The van der Waals surface area contributed by atoms with E-state index in [0.29, 0.717) is 34.2 Å². The lowest BCUT2D eigenvalue weighted by molar-refractivity contribution is 0.0694. The number of carbonyl (C=O) groups is 2. The zero-order valence-electron chi connectivity index (χ0n) is 18.5. The Kier molecular flexibility index (Phi) is 7.94. The van der Waals surface area contributed by atoms with Gasteiger partial charge in [0, 0.05) is 0 Å². The molecule has 0 radical (unpaired) electrons. The number of esters is 1. The van der Waals surface area contributed by atoms with Crippen molar-refractivity contribution >= 4 is 35.4 Å². The van der Waals surface area contributed by atoms with Gasteiger partial charge in [-0.15, -0.1) is 0 Å². The lowest BCUT2D eigenvalue weighted by Gasteiger charge is -2.13. The Hall–Kier alpha value is -4.24. The summed E-state index contributed by atoms with van der Waals surface area (Å²) in [7, 11) is 4.39. The quantitative estimate of drug-likeness (QED) is 0.194. The van der Waals surface area contributed by atoms with Crippen molar-refractivity contribution < 1.29 is 33.6 Å². The van der Waals surface area contributed by atoms with Crippen molar-refractivity contribution in [2.24, 2.45) is 5.10 Å². The number of carboxylic acids is 1. The Balaban J connectivity index is 1.66. The summed E-state index contributed by atoms with van der Waals surface area (Å²) in [5, 5.41) is 13.3. The number of hydrazone groups is 1. The molecule has 0 aliphatic heterocycles. The molecule has 0 bridgehead atoms.